The molecule has 26 heavy (non-hydrogen) atoms. The molecule has 0 N–H and O–H groups in total. The summed E-state index contributed by atoms with van der Waals surface area (Å²) in [5.41, 5.74) is 1.57. The summed E-state index contributed by atoms with van der Waals surface area (Å²) in [5.74, 6) is 1.38. The normalized spacial score (nSPS) is 17.0. The molecular formula is C19H18ClN3O3. The summed E-state index contributed by atoms with van der Waals surface area (Å²) in [6, 6.07) is 7.46. The van der Waals surface area contributed by atoms with Gasteiger partial charge in [-0.15, -0.1) is 0 Å². The molecule has 3 aromatic rings. The molecule has 6 nitrogen and oxygen atoms in total. The second-order valence-electron chi connectivity index (χ2n) is 6.36. The van der Waals surface area contributed by atoms with Crippen molar-refractivity contribution in [3.63, 3.8) is 0 Å². The van der Waals surface area contributed by atoms with Gasteiger partial charge in [0.05, 0.1) is 11.9 Å². The molecule has 7 heteroatoms. The number of halogens is 1. The van der Waals surface area contributed by atoms with Crippen LogP contribution in [0.15, 0.2) is 45.7 Å². The molecule has 3 heterocycles. The molecule has 0 aliphatic carbocycles. The Labute approximate surface area is 155 Å². The third-order valence-corrected chi connectivity index (χ3v) is 5.00. The first-order chi connectivity index (χ1) is 12.6. The minimum atomic E-state index is -0.188. The molecule has 1 atom stereocenters. The Balaban J connectivity index is 1.54. The van der Waals surface area contributed by atoms with Gasteiger partial charge in [-0.3, -0.25) is 4.79 Å². The molecule has 1 aromatic carbocycles. The highest BCUT2D eigenvalue weighted by Crippen LogP contribution is 2.33. The number of nitrogens with zero attached hydrogens (tertiary/aromatic N) is 3. The predicted molar refractivity (Wildman–Crippen MR) is 95.0 cm³/mol. The van der Waals surface area contributed by atoms with Crippen LogP contribution in [-0.2, 0) is 6.42 Å². The first-order valence-electron chi connectivity index (χ1n) is 8.52. The number of amides is 1. The van der Waals surface area contributed by atoms with Gasteiger partial charge in [0.1, 0.15) is 11.8 Å². The molecule has 134 valence electrons. The van der Waals surface area contributed by atoms with Crippen LogP contribution < -0.4 is 0 Å². The van der Waals surface area contributed by atoms with Crippen molar-refractivity contribution in [1.82, 2.24) is 14.9 Å². The van der Waals surface area contributed by atoms with Gasteiger partial charge in [0.2, 0.25) is 11.7 Å². The molecule has 1 saturated heterocycles. The predicted octanol–water partition coefficient (Wildman–Crippen LogP) is 4.19. The highest BCUT2D eigenvalue weighted by atomic mass is 35.5. The Kier molecular flexibility index (Phi) is 4.51. The third kappa shape index (κ3) is 3.12. The quantitative estimate of drug-likeness (QED) is 0.687. The fraction of sp³-hybridized carbons (Fsp3) is 0.316. The molecular weight excluding hydrogens is 354 g/mol. The number of aryl methyl sites for hydroxylation is 1. The Morgan fingerprint density at radius 3 is 2.96 bits per heavy atom. The van der Waals surface area contributed by atoms with Crippen LogP contribution in [0.2, 0.25) is 5.02 Å². The van der Waals surface area contributed by atoms with Crippen molar-refractivity contribution >= 4 is 17.5 Å². The molecule has 4 rings (SSSR count). The number of rotatable bonds is 4. The summed E-state index contributed by atoms with van der Waals surface area (Å²) >= 11 is 6.21. The smallest absolute Gasteiger partial charge is 0.292 e. The van der Waals surface area contributed by atoms with E-state index in [9.17, 15) is 4.79 Å². The minimum Gasteiger partial charge on any atom is -0.443 e. The Morgan fingerprint density at radius 2 is 2.19 bits per heavy atom. The van der Waals surface area contributed by atoms with Crippen LogP contribution >= 0.6 is 11.6 Å². The molecule has 2 aromatic heterocycles. The Morgan fingerprint density at radius 1 is 1.35 bits per heavy atom. The molecule has 1 amide bonds. The van der Waals surface area contributed by atoms with E-state index in [0.29, 0.717) is 29.6 Å². The van der Waals surface area contributed by atoms with Gasteiger partial charge in [0.25, 0.3) is 5.91 Å². The maximum atomic E-state index is 12.8. The van der Waals surface area contributed by atoms with Gasteiger partial charge in [-0.1, -0.05) is 29.8 Å². The van der Waals surface area contributed by atoms with Crippen LogP contribution in [0, 0.1) is 6.92 Å². The van der Waals surface area contributed by atoms with Gasteiger partial charge in [-0.05, 0) is 31.4 Å². The first kappa shape index (κ1) is 16.8. The minimum absolute atomic E-state index is 0.173. The largest absolute Gasteiger partial charge is 0.443 e. The number of aromatic nitrogens is 2. The number of hydrogen-bond acceptors (Lipinski definition) is 5. The van der Waals surface area contributed by atoms with E-state index in [1.165, 1.54) is 6.39 Å². The lowest BCUT2D eigenvalue weighted by Crippen LogP contribution is -2.30. The van der Waals surface area contributed by atoms with Crippen molar-refractivity contribution in [3.8, 4) is 0 Å². The van der Waals surface area contributed by atoms with E-state index in [1.54, 1.807) is 18.0 Å². The zero-order valence-electron chi connectivity index (χ0n) is 14.3. The van der Waals surface area contributed by atoms with Crippen LogP contribution in [0.4, 0.5) is 0 Å². The van der Waals surface area contributed by atoms with E-state index in [0.717, 1.165) is 24.2 Å². The number of oxazole rings is 2. The van der Waals surface area contributed by atoms with Gasteiger partial charge < -0.3 is 13.7 Å². The third-order valence-electron chi connectivity index (χ3n) is 4.63. The van der Waals surface area contributed by atoms with Crippen molar-refractivity contribution < 1.29 is 13.6 Å². The van der Waals surface area contributed by atoms with Gasteiger partial charge in [0, 0.05) is 18.0 Å². The molecule has 0 unspecified atom stereocenters. The van der Waals surface area contributed by atoms with E-state index in [-0.39, 0.29) is 17.7 Å². The summed E-state index contributed by atoms with van der Waals surface area (Å²) in [5, 5.41) is 0.698. The summed E-state index contributed by atoms with van der Waals surface area (Å²) in [7, 11) is 0. The molecule has 0 bridgehead atoms. The zero-order valence-corrected chi connectivity index (χ0v) is 15.1. The Bertz CT molecular complexity index is 934. The number of carbonyl (C=O) groups excluding carboxylic acids is 1. The van der Waals surface area contributed by atoms with Crippen molar-refractivity contribution in [2.45, 2.75) is 32.2 Å². The van der Waals surface area contributed by atoms with E-state index in [2.05, 4.69) is 9.97 Å². The maximum absolute atomic E-state index is 12.8. The van der Waals surface area contributed by atoms with E-state index < -0.39 is 0 Å². The van der Waals surface area contributed by atoms with E-state index in [1.807, 2.05) is 24.3 Å². The van der Waals surface area contributed by atoms with Gasteiger partial charge in [-0.25, -0.2) is 9.97 Å². The molecule has 1 aliphatic rings. The van der Waals surface area contributed by atoms with Crippen molar-refractivity contribution in [2.24, 2.45) is 0 Å². The summed E-state index contributed by atoms with van der Waals surface area (Å²) < 4.78 is 11.2. The van der Waals surface area contributed by atoms with E-state index in [4.69, 9.17) is 20.4 Å². The fourth-order valence-electron chi connectivity index (χ4n) is 3.29. The maximum Gasteiger partial charge on any atom is 0.292 e. The Hall–Kier alpha value is -2.60. The van der Waals surface area contributed by atoms with Crippen molar-refractivity contribution in [1.29, 1.82) is 0 Å². The van der Waals surface area contributed by atoms with Crippen LogP contribution in [0.1, 0.15) is 52.3 Å². The van der Waals surface area contributed by atoms with Gasteiger partial charge in [0.15, 0.2) is 6.39 Å². The standard InChI is InChI=1S/C19H18ClN3O3/c1-12-17(25-11-22-12)19(24)23-8-4-7-16(23)18-21-10-14(26-18)9-13-5-2-3-6-15(13)20/h2-3,5-6,10-11,16H,4,7-9H2,1H3/t16-/m1/s1. The lowest BCUT2D eigenvalue weighted by Gasteiger charge is -2.21. The lowest BCUT2D eigenvalue weighted by atomic mass is 10.1. The van der Waals surface area contributed by atoms with Crippen molar-refractivity contribution in [2.75, 3.05) is 6.54 Å². The lowest BCUT2D eigenvalue weighted by molar-refractivity contribution is 0.0681. The second kappa shape index (κ2) is 6.96. The SMILES string of the molecule is Cc1ncoc1C(=O)N1CCC[C@@H]1c1ncc(Cc2ccccc2Cl)o1. The number of likely N-dealkylation sites (tertiary alicyclic amines) is 1. The van der Waals surface area contributed by atoms with Crippen LogP contribution in [0.25, 0.3) is 0 Å². The number of carbonyl (C=O) groups is 1. The monoisotopic (exact) mass is 371 g/mol. The summed E-state index contributed by atoms with van der Waals surface area (Å²) in [6.07, 6.45) is 5.27. The van der Waals surface area contributed by atoms with Gasteiger partial charge >= 0.3 is 0 Å². The number of benzene rings is 1. The van der Waals surface area contributed by atoms with Crippen LogP contribution in [0.3, 0.4) is 0 Å². The van der Waals surface area contributed by atoms with E-state index >= 15 is 0 Å². The topological polar surface area (TPSA) is 72.4 Å². The first-order valence-corrected chi connectivity index (χ1v) is 8.90. The molecule has 0 spiro atoms. The summed E-state index contributed by atoms with van der Waals surface area (Å²) in [6.45, 7) is 2.40. The summed E-state index contributed by atoms with van der Waals surface area (Å²) in [4.78, 5) is 22.9. The fourth-order valence-corrected chi connectivity index (χ4v) is 3.49. The molecule has 1 aliphatic heterocycles. The second-order valence-corrected chi connectivity index (χ2v) is 6.76. The molecule has 1 fully saturated rings. The van der Waals surface area contributed by atoms with Crippen LogP contribution in [-0.4, -0.2) is 27.3 Å². The van der Waals surface area contributed by atoms with Crippen LogP contribution in [0.5, 0.6) is 0 Å². The molecule has 0 radical (unpaired) electrons. The average molecular weight is 372 g/mol. The highest BCUT2D eigenvalue weighted by molar-refractivity contribution is 6.31. The van der Waals surface area contributed by atoms with Crippen molar-refractivity contribution in [3.05, 3.63) is 70.5 Å². The number of hydrogen-bond donors (Lipinski definition) is 0. The zero-order chi connectivity index (χ0) is 18.1. The highest BCUT2D eigenvalue weighted by Gasteiger charge is 2.35. The van der Waals surface area contributed by atoms with Gasteiger partial charge in [-0.2, -0.15) is 0 Å². The molecule has 0 saturated carbocycles. The average Bonchev–Trinajstić information content (AvgIpc) is 3.36.